The largest absolute Gasteiger partial charge is 0.314 e. The Balaban J connectivity index is 1.80. The van der Waals surface area contributed by atoms with Crippen LogP contribution in [0.2, 0.25) is 0 Å². The van der Waals surface area contributed by atoms with Gasteiger partial charge in [0.2, 0.25) is 0 Å². The molecule has 0 unspecified atom stereocenters. The fourth-order valence-electron chi connectivity index (χ4n) is 2.58. The Morgan fingerprint density at radius 1 is 1.33 bits per heavy atom. The third-order valence-corrected chi connectivity index (χ3v) is 4.73. The topological polar surface area (TPSA) is 15.3 Å². The molecule has 0 atom stereocenters. The van der Waals surface area contributed by atoms with E-state index in [1.165, 1.54) is 28.6 Å². The second kappa shape index (κ2) is 5.39. The molecule has 0 radical (unpaired) electrons. The second-order valence-corrected chi connectivity index (χ2v) is 5.95. The molecule has 0 amide bonds. The Kier molecular flexibility index (Phi) is 3.64. The summed E-state index contributed by atoms with van der Waals surface area (Å²) in [6.45, 7) is 6.88. The lowest BCUT2D eigenvalue weighted by molar-refractivity contribution is 0.138. The van der Waals surface area contributed by atoms with Crippen molar-refractivity contribution in [2.24, 2.45) is 0 Å². The molecule has 0 spiro atoms. The molecule has 0 saturated carbocycles. The van der Waals surface area contributed by atoms with Crippen molar-refractivity contribution in [2.75, 3.05) is 19.6 Å². The van der Waals surface area contributed by atoms with Gasteiger partial charge < -0.3 is 5.32 Å². The number of nitrogens with zero attached hydrogens (tertiary/aromatic N) is 1. The average Bonchev–Trinajstić information content (AvgIpc) is 2.71. The molecular weight excluding hydrogens is 240 g/mol. The Morgan fingerprint density at radius 3 is 2.89 bits per heavy atom. The van der Waals surface area contributed by atoms with Gasteiger partial charge in [0.15, 0.2) is 0 Å². The minimum absolute atomic E-state index is 0.739. The molecule has 1 N–H and O–H groups in total. The molecule has 1 fully saturated rings. The van der Waals surface area contributed by atoms with E-state index in [9.17, 15) is 0 Å². The van der Waals surface area contributed by atoms with Crippen molar-refractivity contribution in [1.82, 2.24) is 10.2 Å². The van der Waals surface area contributed by atoms with Crippen LogP contribution in [0.15, 0.2) is 29.6 Å². The van der Waals surface area contributed by atoms with Crippen molar-refractivity contribution in [3.8, 4) is 0 Å². The van der Waals surface area contributed by atoms with Crippen LogP contribution in [0.25, 0.3) is 10.1 Å². The number of fused-ring (bicyclic) bond motifs is 1. The Morgan fingerprint density at radius 2 is 2.17 bits per heavy atom. The summed E-state index contributed by atoms with van der Waals surface area (Å²) in [7, 11) is 0. The molecule has 3 rings (SSSR count). The van der Waals surface area contributed by atoms with E-state index >= 15 is 0 Å². The van der Waals surface area contributed by atoms with Crippen LogP contribution in [-0.4, -0.2) is 30.6 Å². The standard InChI is InChI=1S/C15H20N2S/c1-2-7-17(13-8-16-9-13)10-12-11-18-15-6-4-3-5-14(12)15/h3-6,11,13,16H,2,7-10H2,1H3. The van der Waals surface area contributed by atoms with Gasteiger partial charge in [0, 0.05) is 30.4 Å². The third-order valence-electron chi connectivity index (χ3n) is 3.72. The molecule has 2 heterocycles. The van der Waals surface area contributed by atoms with Crippen molar-refractivity contribution in [1.29, 1.82) is 0 Å². The Hall–Kier alpha value is -0.900. The van der Waals surface area contributed by atoms with E-state index in [1.54, 1.807) is 0 Å². The lowest BCUT2D eigenvalue weighted by Crippen LogP contribution is -2.56. The number of benzene rings is 1. The van der Waals surface area contributed by atoms with E-state index in [4.69, 9.17) is 0 Å². The summed E-state index contributed by atoms with van der Waals surface area (Å²) in [5, 5.41) is 7.15. The maximum absolute atomic E-state index is 3.38. The monoisotopic (exact) mass is 260 g/mol. The Bertz CT molecular complexity index is 516. The second-order valence-electron chi connectivity index (χ2n) is 5.04. The summed E-state index contributed by atoms with van der Waals surface area (Å²) in [6.07, 6.45) is 1.23. The molecule has 1 aromatic heterocycles. The van der Waals surface area contributed by atoms with Gasteiger partial charge in [-0.1, -0.05) is 25.1 Å². The molecule has 0 aliphatic carbocycles. The van der Waals surface area contributed by atoms with Crippen molar-refractivity contribution in [3.05, 3.63) is 35.2 Å². The van der Waals surface area contributed by atoms with Gasteiger partial charge in [0.1, 0.15) is 0 Å². The van der Waals surface area contributed by atoms with E-state index in [2.05, 4.69) is 46.8 Å². The van der Waals surface area contributed by atoms with Gasteiger partial charge >= 0.3 is 0 Å². The number of rotatable bonds is 5. The smallest absolute Gasteiger partial charge is 0.0348 e. The number of nitrogens with one attached hydrogen (secondary N) is 1. The lowest BCUT2D eigenvalue weighted by Gasteiger charge is -2.38. The molecule has 96 valence electrons. The quantitative estimate of drug-likeness (QED) is 0.889. The van der Waals surface area contributed by atoms with Gasteiger partial charge in [-0.2, -0.15) is 0 Å². The Labute approximate surface area is 113 Å². The molecule has 1 saturated heterocycles. The fourth-order valence-corrected chi connectivity index (χ4v) is 3.54. The molecule has 1 aromatic carbocycles. The van der Waals surface area contributed by atoms with E-state index < -0.39 is 0 Å². The summed E-state index contributed by atoms with van der Waals surface area (Å²) in [6, 6.07) is 9.49. The molecule has 1 aliphatic heterocycles. The van der Waals surface area contributed by atoms with Crippen LogP contribution in [0.4, 0.5) is 0 Å². The van der Waals surface area contributed by atoms with Crippen LogP contribution in [0, 0.1) is 0 Å². The highest BCUT2D eigenvalue weighted by molar-refractivity contribution is 7.17. The summed E-state index contributed by atoms with van der Waals surface area (Å²) in [4.78, 5) is 2.63. The zero-order chi connectivity index (χ0) is 12.4. The summed E-state index contributed by atoms with van der Waals surface area (Å²) >= 11 is 1.87. The fraction of sp³-hybridized carbons (Fsp3) is 0.467. The highest BCUT2D eigenvalue weighted by Crippen LogP contribution is 2.27. The van der Waals surface area contributed by atoms with E-state index in [1.807, 2.05) is 11.3 Å². The molecular formula is C15H20N2S. The molecule has 0 bridgehead atoms. The van der Waals surface area contributed by atoms with Crippen molar-refractivity contribution >= 4 is 21.4 Å². The van der Waals surface area contributed by atoms with Gasteiger partial charge in [0.05, 0.1) is 0 Å². The predicted molar refractivity (Wildman–Crippen MR) is 79.2 cm³/mol. The first-order valence-corrected chi connectivity index (χ1v) is 7.66. The van der Waals surface area contributed by atoms with Gasteiger partial charge in [-0.25, -0.2) is 0 Å². The molecule has 2 aromatic rings. The zero-order valence-electron chi connectivity index (χ0n) is 10.9. The third kappa shape index (κ3) is 2.30. The average molecular weight is 260 g/mol. The molecule has 2 nitrogen and oxygen atoms in total. The zero-order valence-corrected chi connectivity index (χ0v) is 11.7. The maximum Gasteiger partial charge on any atom is 0.0348 e. The summed E-state index contributed by atoms with van der Waals surface area (Å²) < 4.78 is 1.41. The lowest BCUT2D eigenvalue weighted by atomic mass is 10.1. The predicted octanol–water partition coefficient (Wildman–Crippen LogP) is 3.09. The minimum atomic E-state index is 0.739. The molecule has 18 heavy (non-hydrogen) atoms. The first-order chi connectivity index (χ1) is 8.88. The normalized spacial score (nSPS) is 16.3. The van der Waals surface area contributed by atoms with Crippen LogP contribution < -0.4 is 5.32 Å². The summed E-state index contributed by atoms with van der Waals surface area (Å²) in [5.74, 6) is 0. The highest BCUT2D eigenvalue weighted by atomic mass is 32.1. The van der Waals surface area contributed by atoms with Gasteiger partial charge in [0.25, 0.3) is 0 Å². The SMILES string of the molecule is CCCN(Cc1csc2ccccc12)C1CNC1. The van der Waals surface area contributed by atoms with Crippen LogP contribution in [0.5, 0.6) is 0 Å². The maximum atomic E-state index is 3.38. The van der Waals surface area contributed by atoms with Crippen molar-refractivity contribution in [3.63, 3.8) is 0 Å². The van der Waals surface area contributed by atoms with E-state index in [0.29, 0.717) is 0 Å². The van der Waals surface area contributed by atoms with Crippen LogP contribution >= 0.6 is 11.3 Å². The number of thiophene rings is 1. The molecule has 3 heteroatoms. The van der Waals surface area contributed by atoms with Gasteiger partial charge in [-0.15, -0.1) is 11.3 Å². The first kappa shape index (κ1) is 12.2. The van der Waals surface area contributed by atoms with Crippen LogP contribution in [0.1, 0.15) is 18.9 Å². The minimum Gasteiger partial charge on any atom is -0.314 e. The van der Waals surface area contributed by atoms with Crippen molar-refractivity contribution < 1.29 is 0 Å². The van der Waals surface area contributed by atoms with Gasteiger partial charge in [-0.05, 0) is 35.4 Å². The van der Waals surface area contributed by atoms with Crippen LogP contribution in [0.3, 0.4) is 0 Å². The van der Waals surface area contributed by atoms with E-state index in [-0.39, 0.29) is 0 Å². The molecule has 1 aliphatic rings. The highest BCUT2D eigenvalue weighted by Gasteiger charge is 2.24. The number of hydrogen-bond donors (Lipinski definition) is 1. The van der Waals surface area contributed by atoms with Gasteiger partial charge in [-0.3, -0.25) is 4.90 Å². The summed E-state index contributed by atoms with van der Waals surface area (Å²) in [5.41, 5.74) is 1.50. The first-order valence-electron chi connectivity index (χ1n) is 6.78. The van der Waals surface area contributed by atoms with Crippen molar-refractivity contribution in [2.45, 2.75) is 25.9 Å². The van der Waals surface area contributed by atoms with Crippen LogP contribution in [-0.2, 0) is 6.54 Å². The number of hydrogen-bond acceptors (Lipinski definition) is 3. The van der Waals surface area contributed by atoms with E-state index in [0.717, 1.165) is 25.7 Å².